The molecule has 5 atom stereocenters. The van der Waals surface area contributed by atoms with E-state index in [1.165, 1.54) is 25.0 Å². The second kappa shape index (κ2) is 10.5. The van der Waals surface area contributed by atoms with Crippen molar-refractivity contribution < 1.29 is 29.3 Å². The summed E-state index contributed by atoms with van der Waals surface area (Å²) in [5, 5.41) is 24.3. The zero-order chi connectivity index (χ0) is 23.4. The Hall–Kier alpha value is -2.41. The summed E-state index contributed by atoms with van der Waals surface area (Å²) in [5.74, 6) is 0.422. The molecule has 0 saturated carbocycles. The van der Waals surface area contributed by atoms with Crippen LogP contribution in [0.25, 0.3) is 11.0 Å². The third-order valence-corrected chi connectivity index (χ3v) is 6.09. The first-order valence-corrected chi connectivity index (χ1v) is 11.5. The Kier molecular flexibility index (Phi) is 7.93. The summed E-state index contributed by atoms with van der Waals surface area (Å²) in [6.07, 6.45) is -0.601. The molecule has 5 N–H and O–H groups in total. The van der Waals surface area contributed by atoms with E-state index in [2.05, 4.69) is 15.3 Å². The van der Waals surface area contributed by atoms with Gasteiger partial charge in [0.05, 0.1) is 17.6 Å². The van der Waals surface area contributed by atoms with Crippen LogP contribution in [0.4, 0.5) is 5.82 Å². The molecule has 1 saturated heterocycles. The summed E-state index contributed by atoms with van der Waals surface area (Å²) in [4.78, 5) is 31.7. The van der Waals surface area contributed by atoms with E-state index in [1.807, 2.05) is 0 Å². The summed E-state index contributed by atoms with van der Waals surface area (Å²) < 4.78 is 12.7. The quantitative estimate of drug-likeness (QED) is 0.296. The van der Waals surface area contributed by atoms with Crippen molar-refractivity contribution in [2.24, 2.45) is 0 Å². The van der Waals surface area contributed by atoms with E-state index in [9.17, 15) is 19.8 Å². The standard InChI is InChI=1S/C20H29N5O6S/c1-10(2)30-20(29)13(24-11(3)26)5-7-32-8-14-15(27)16(28)19(31-14)25-6-4-12-17(21)22-9-23-18(12)25/h4,6,9-10,13-16,19,27-28H,5,7-8H2,1-3H3,(H,24,26)(H2,21,22,23)/t13-,14+,15+,16+,19+/m0/s1. The Morgan fingerprint density at radius 1 is 1.34 bits per heavy atom. The summed E-state index contributed by atoms with van der Waals surface area (Å²) in [7, 11) is 0. The van der Waals surface area contributed by atoms with Crippen molar-refractivity contribution in [2.45, 2.75) is 63.9 Å². The minimum atomic E-state index is -1.15. The highest BCUT2D eigenvalue weighted by molar-refractivity contribution is 7.99. The predicted octanol–water partition coefficient (Wildman–Crippen LogP) is 0.212. The van der Waals surface area contributed by atoms with Gasteiger partial charge in [-0.1, -0.05) is 0 Å². The van der Waals surface area contributed by atoms with Crippen molar-refractivity contribution >= 4 is 40.5 Å². The maximum Gasteiger partial charge on any atom is 0.328 e. The van der Waals surface area contributed by atoms with Gasteiger partial charge in [0.2, 0.25) is 5.91 Å². The number of amides is 1. The lowest BCUT2D eigenvalue weighted by Gasteiger charge is -2.19. The minimum Gasteiger partial charge on any atom is -0.461 e. The third-order valence-electron chi connectivity index (χ3n) is 5.00. The van der Waals surface area contributed by atoms with E-state index < -0.39 is 36.6 Å². The molecule has 176 valence electrons. The molecule has 1 fully saturated rings. The molecule has 0 unspecified atom stereocenters. The van der Waals surface area contributed by atoms with Crippen LogP contribution in [0.1, 0.15) is 33.4 Å². The number of hydrogen-bond donors (Lipinski definition) is 4. The van der Waals surface area contributed by atoms with Crippen LogP contribution >= 0.6 is 11.8 Å². The van der Waals surface area contributed by atoms with Gasteiger partial charge in [-0.3, -0.25) is 4.79 Å². The first-order chi connectivity index (χ1) is 15.2. The number of aromatic nitrogens is 3. The van der Waals surface area contributed by atoms with E-state index in [0.29, 0.717) is 34.8 Å². The SMILES string of the molecule is CC(=O)N[C@@H](CCSC[C@H]1O[C@@H](n2ccc3c(N)ncnc32)[C@H](O)[C@@H]1O)C(=O)OC(C)C. The highest BCUT2D eigenvalue weighted by Gasteiger charge is 2.44. The van der Waals surface area contributed by atoms with Gasteiger partial charge >= 0.3 is 5.97 Å². The average molecular weight is 468 g/mol. The molecule has 2 aromatic rings. The first-order valence-electron chi connectivity index (χ1n) is 10.3. The van der Waals surface area contributed by atoms with Crippen molar-refractivity contribution in [1.82, 2.24) is 19.9 Å². The number of esters is 1. The fraction of sp³-hybridized carbons (Fsp3) is 0.600. The molecule has 1 aliphatic rings. The number of thioether (sulfide) groups is 1. The second-order valence-electron chi connectivity index (χ2n) is 7.87. The molecule has 2 aromatic heterocycles. The van der Waals surface area contributed by atoms with Crippen molar-refractivity contribution in [1.29, 1.82) is 0 Å². The molecule has 32 heavy (non-hydrogen) atoms. The number of carbonyl (C=O) groups excluding carboxylic acids is 2. The lowest BCUT2D eigenvalue weighted by molar-refractivity contribution is -0.151. The number of ether oxygens (including phenoxy) is 2. The number of nitrogens with two attached hydrogens (primary N) is 1. The number of fused-ring (bicyclic) bond motifs is 1. The third kappa shape index (κ3) is 5.49. The fourth-order valence-electron chi connectivity index (χ4n) is 3.50. The van der Waals surface area contributed by atoms with Crippen LogP contribution in [0, 0.1) is 0 Å². The number of nitrogens with one attached hydrogen (secondary N) is 1. The van der Waals surface area contributed by atoms with Gasteiger partial charge in [0.1, 0.15) is 36.0 Å². The maximum atomic E-state index is 12.2. The molecule has 0 spiro atoms. The van der Waals surface area contributed by atoms with Gasteiger partial charge in [-0.25, -0.2) is 14.8 Å². The number of rotatable bonds is 9. The van der Waals surface area contributed by atoms with Crippen LogP contribution in [0.2, 0.25) is 0 Å². The minimum absolute atomic E-state index is 0.280. The van der Waals surface area contributed by atoms with Crippen LogP contribution < -0.4 is 11.1 Å². The predicted molar refractivity (Wildman–Crippen MR) is 119 cm³/mol. The number of nitrogens with zero attached hydrogens (tertiary/aromatic N) is 3. The molecular weight excluding hydrogens is 438 g/mol. The van der Waals surface area contributed by atoms with Gasteiger partial charge in [0.25, 0.3) is 0 Å². The molecule has 1 amide bonds. The van der Waals surface area contributed by atoms with Crippen molar-refractivity contribution in [2.75, 3.05) is 17.2 Å². The monoisotopic (exact) mass is 467 g/mol. The van der Waals surface area contributed by atoms with Crippen LogP contribution in [0.15, 0.2) is 18.6 Å². The zero-order valence-corrected chi connectivity index (χ0v) is 19.0. The lowest BCUT2D eigenvalue weighted by atomic mass is 10.1. The molecule has 0 radical (unpaired) electrons. The van der Waals surface area contributed by atoms with E-state index in [1.54, 1.807) is 30.7 Å². The van der Waals surface area contributed by atoms with Gasteiger partial charge in [-0.2, -0.15) is 11.8 Å². The Morgan fingerprint density at radius 3 is 2.78 bits per heavy atom. The smallest absolute Gasteiger partial charge is 0.328 e. The molecule has 0 aromatic carbocycles. The summed E-state index contributed by atoms with van der Waals surface area (Å²) in [5.41, 5.74) is 6.36. The number of aliphatic hydroxyl groups is 2. The molecular formula is C20H29N5O6S. The topological polar surface area (TPSA) is 162 Å². The number of nitrogen functional groups attached to an aromatic ring is 1. The fourth-order valence-corrected chi connectivity index (χ4v) is 4.58. The van der Waals surface area contributed by atoms with Crippen LogP contribution in [0.3, 0.4) is 0 Å². The van der Waals surface area contributed by atoms with Gasteiger partial charge < -0.3 is 35.3 Å². The van der Waals surface area contributed by atoms with Gasteiger partial charge in [-0.15, -0.1) is 0 Å². The largest absolute Gasteiger partial charge is 0.461 e. The molecule has 11 nitrogen and oxygen atoms in total. The van der Waals surface area contributed by atoms with Gasteiger partial charge in [0, 0.05) is 18.9 Å². The van der Waals surface area contributed by atoms with Crippen LogP contribution in [0.5, 0.6) is 0 Å². The maximum absolute atomic E-state index is 12.2. The first kappa shape index (κ1) is 24.2. The van der Waals surface area contributed by atoms with E-state index in [-0.39, 0.29) is 12.0 Å². The summed E-state index contributed by atoms with van der Waals surface area (Å²) in [6.45, 7) is 4.83. The molecule has 3 rings (SSSR count). The molecule has 0 bridgehead atoms. The summed E-state index contributed by atoms with van der Waals surface area (Å²) >= 11 is 1.44. The lowest BCUT2D eigenvalue weighted by Crippen LogP contribution is -2.42. The van der Waals surface area contributed by atoms with E-state index in [0.717, 1.165) is 0 Å². The number of aliphatic hydroxyl groups excluding tert-OH is 2. The Balaban J connectivity index is 1.57. The van der Waals surface area contributed by atoms with Gasteiger partial charge in [-0.05, 0) is 32.1 Å². The highest BCUT2D eigenvalue weighted by atomic mass is 32.2. The van der Waals surface area contributed by atoms with E-state index in [4.69, 9.17) is 15.2 Å². The van der Waals surface area contributed by atoms with Crippen molar-refractivity contribution in [3.05, 3.63) is 18.6 Å². The number of carbonyl (C=O) groups is 2. The number of hydrogen-bond acceptors (Lipinski definition) is 10. The number of anilines is 1. The Bertz CT molecular complexity index is 954. The Morgan fingerprint density at radius 2 is 2.09 bits per heavy atom. The normalized spacial score (nSPS) is 24.1. The highest BCUT2D eigenvalue weighted by Crippen LogP contribution is 2.34. The average Bonchev–Trinajstić information content (AvgIpc) is 3.26. The van der Waals surface area contributed by atoms with Gasteiger partial charge in [0.15, 0.2) is 6.23 Å². The molecule has 12 heteroatoms. The zero-order valence-electron chi connectivity index (χ0n) is 18.2. The van der Waals surface area contributed by atoms with Crippen LogP contribution in [-0.4, -0.2) is 78.6 Å². The van der Waals surface area contributed by atoms with E-state index >= 15 is 0 Å². The van der Waals surface area contributed by atoms with Crippen LogP contribution in [-0.2, 0) is 19.1 Å². The molecule has 0 aliphatic carbocycles. The van der Waals surface area contributed by atoms with Crippen molar-refractivity contribution in [3.63, 3.8) is 0 Å². The molecule has 1 aliphatic heterocycles. The Labute approximate surface area is 189 Å². The second-order valence-corrected chi connectivity index (χ2v) is 9.02. The van der Waals surface area contributed by atoms with Crippen molar-refractivity contribution in [3.8, 4) is 0 Å². The summed E-state index contributed by atoms with van der Waals surface area (Å²) in [6, 6.07) is 0.986. The molecule has 3 heterocycles.